The van der Waals surface area contributed by atoms with Crippen LogP contribution >= 0.6 is 0 Å². The second-order valence-corrected chi connectivity index (χ2v) is 7.20. The van der Waals surface area contributed by atoms with Gasteiger partial charge in [-0.2, -0.15) is 0 Å². The van der Waals surface area contributed by atoms with Crippen LogP contribution in [0.15, 0.2) is 42.5 Å². The smallest absolute Gasteiger partial charge is 0.404 e. The molecule has 2 heterocycles. The van der Waals surface area contributed by atoms with Gasteiger partial charge < -0.3 is 20.4 Å². The molecule has 0 spiro atoms. The molecule has 0 radical (unpaired) electrons. The van der Waals surface area contributed by atoms with Crippen molar-refractivity contribution in [1.82, 2.24) is 15.3 Å². The maximum Gasteiger partial charge on any atom is 0.404 e. The van der Waals surface area contributed by atoms with E-state index in [9.17, 15) is 9.90 Å². The topological polar surface area (TPSA) is 98.6 Å². The van der Waals surface area contributed by atoms with Crippen molar-refractivity contribution in [2.75, 3.05) is 24.5 Å². The fraction of sp³-hybridized carbons (Fsp3) is 0.286. The molecule has 3 N–H and O–H groups in total. The molecular weight excluding hydrogens is 356 g/mol. The van der Waals surface area contributed by atoms with Crippen molar-refractivity contribution in [1.29, 1.82) is 0 Å². The first kappa shape index (κ1) is 18.0. The Morgan fingerprint density at radius 3 is 2.86 bits per heavy atom. The summed E-state index contributed by atoms with van der Waals surface area (Å²) >= 11 is 0. The number of hydrogen-bond donors (Lipinski definition) is 3. The van der Waals surface area contributed by atoms with Crippen LogP contribution in [0.2, 0.25) is 0 Å². The molecule has 1 aliphatic heterocycles. The van der Waals surface area contributed by atoms with E-state index in [0.29, 0.717) is 17.9 Å². The number of anilines is 1. The number of benzene rings is 2. The molecule has 1 atom stereocenters. The molecule has 144 valence electrons. The molecule has 7 nitrogen and oxygen atoms in total. The molecule has 4 rings (SSSR count). The molecule has 1 aromatic heterocycles. The summed E-state index contributed by atoms with van der Waals surface area (Å²) in [5.41, 5.74) is 2.52. The number of para-hydroxylation sites is 1. The fourth-order valence-corrected chi connectivity index (χ4v) is 3.67. The first-order chi connectivity index (χ1) is 13.5. The number of aromatic hydroxyl groups is 1. The lowest BCUT2D eigenvalue weighted by Gasteiger charge is -2.20. The van der Waals surface area contributed by atoms with Crippen LogP contribution in [0, 0.1) is 12.8 Å². The third-order valence-corrected chi connectivity index (χ3v) is 5.10. The summed E-state index contributed by atoms with van der Waals surface area (Å²) in [6.45, 7) is 3.97. The number of nitrogens with zero attached hydrogens (tertiary/aromatic N) is 3. The number of phenolic OH excluding ortho intramolecular Hbond substituents is 1. The molecule has 0 saturated carbocycles. The Hall–Kier alpha value is -3.35. The van der Waals surface area contributed by atoms with E-state index >= 15 is 0 Å². The average molecular weight is 378 g/mol. The summed E-state index contributed by atoms with van der Waals surface area (Å²) in [5, 5.41) is 22.5. The number of hydrogen-bond acceptors (Lipinski definition) is 5. The minimum Gasteiger partial charge on any atom is -0.507 e. The number of carboxylic acid groups (broad SMARTS) is 1. The van der Waals surface area contributed by atoms with Gasteiger partial charge >= 0.3 is 6.09 Å². The second-order valence-electron chi connectivity index (χ2n) is 7.20. The molecular formula is C21H22N4O3. The lowest BCUT2D eigenvalue weighted by Crippen LogP contribution is -2.30. The number of fused-ring (bicyclic) bond motifs is 1. The maximum atomic E-state index is 10.8. The number of nitrogens with one attached hydrogen (secondary N) is 1. The van der Waals surface area contributed by atoms with Gasteiger partial charge in [0.2, 0.25) is 0 Å². The number of carbonyl (C=O) groups is 1. The molecule has 2 aromatic carbocycles. The second kappa shape index (κ2) is 7.34. The van der Waals surface area contributed by atoms with Crippen LogP contribution < -0.4 is 10.2 Å². The van der Waals surface area contributed by atoms with Crippen molar-refractivity contribution in [3.8, 4) is 17.1 Å². The highest BCUT2D eigenvalue weighted by atomic mass is 16.4. The van der Waals surface area contributed by atoms with E-state index in [-0.39, 0.29) is 11.7 Å². The number of rotatable bonds is 4. The van der Waals surface area contributed by atoms with Crippen molar-refractivity contribution in [2.45, 2.75) is 13.3 Å². The minimum atomic E-state index is -0.997. The van der Waals surface area contributed by atoms with E-state index in [1.807, 2.05) is 31.2 Å². The molecule has 1 aliphatic rings. The summed E-state index contributed by atoms with van der Waals surface area (Å²) in [6, 6.07) is 13.1. The Balaban J connectivity index is 1.75. The number of phenols is 1. The van der Waals surface area contributed by atoms with E-state index in [4.69, 9.17) is 10.1 Å². The summed E-state index contributed by atoms with van der Waals surface area (Å²) < 4.78 is 0. The normalized spacial score (nSPS) is 16.5. The standard InChI is InChI=1S/C21H22N4O3/c1-13-6-7-15-17(10-13)23-19(16-4-2-3-5-18(16)26)24-20(15)25-9-8-14(12-25)11-22-21(27)28/h2-7,10,14,22,26H,8-9,11-12H2,1H3,(H,27,28)/t14-/m1/s1. The quantitative estimate of drug-likeness (QED) is 0.644. The molecule has 0 unspecified atom stereocenters. The maximum absolute atomic E-state index is 10.8. The van der Waals surface area contributed by atoms with Gasteiger partial charge in [-0.15, -0.1) is 0 Å². The first-order valence-electron chi connectivity index (χ1n) is 9.30. The Morgan fingerprint density at radius 1 is 1.25 bits per heavy atom. The van der Waals surface area contributed by atoms with Crippen molar-refractivity contribution < 1.29 is 15.0 Å². The highest BCUT2D eigenvalue weighted by Gasteiger charge is 2.26. The van der Waals surface area contributed by atoms with Crippen LogP contribution in [-0.4, -0.2) is 45.9 Å². The predicted octanol–water partition coefficient (Wildman–Crippen LogP) is 3.40. The largest absolute Gasteiger partial charge is 0.507 e. The summed E-state index contributed by atoms with van der Waals surface area (Å²) in [4.78, 5) is 22.4. The van der Waals surface area contributed by atoms with Crippen molar-refractivity contribution >= 4 is 22.8 Å². The zero-order valence-corrected chi connectivity index (χ0v) is 15.6. The number of aryl methyl sites for hydroxylation is 1. The fourth-order valence-electron chi connectivity index (χ4n) is 3.67. The van der Waals surface area contributed by atoms with Gasteiger partial charge in [0.25, 0.3) is 0 Å². The van der Waals surface area contributed by atoms with Crippen LogP contribution in [0.4, 0.5) is 10.6 Å². The van der Waals surface area contributed by atoms with Crippen molar-refractivity contribution in [3.63, 3.8) is 0 Å². The van der Waals surface area contributed by atoms with E-state index in [1.54, 1.807) is 18.2 Å². The Morgan fingerprint density at radius 2 is 2.07 bits per heavy atom. The third kappa shape index (κ3) is 3.55. The zero-order valence-electron chi connectivity index (χ0n) is 15.6. The summed E-state index contributed by atoms with van der Waals surface area (Å²) in [6.07, 6.45) is -0.105. The molecule has 0 bridgehead atoms. The lowest BCUT2D eigenvalue weighted by atomic mass is 10.1. The van der Waals surface area contributed by atoms with Gasteiger partial charge in [0.1, 0.15) is 11.6 Å². The monoisotopic (exact) mass is 378 g/mol. The zero-order chi connectivity index (χ0) is 19.7. The Bertz CT molecular complexity index is 1040. The van der Waals surface area contributed by atoms with Gasteiger partial charge in [0, 0.05) is 25.0 Å². The van der Waals surface area contributed by atoms with E-state index in [0.717, 1.165) is 41.8 Å². The van der Waals surface area contributed by atoms with Crippen LogP contribution in [-0.2, 0) is 0 Å². The molecule has 7 heteroatoms. The first-order valence-corrected chi connectivity index (χ1v) is 9.30. The van der Waals surface area contributed by atoms with Gasteiger partial charge in [0.05, 0.1) is 11.1 Å². The van der Waals surface area contributed by atoms with Crippen LogP contribution in [0.5, 0.6) is 5.75 Å². The highest BCUT2D eigenvalue weighted by Crippen LogP contribution is 2.33. The molecule has 1 fully saturated rings. The predicted molar refractivity (Wildman–Crippen MR) is 108 cm³/mol. The third-order valence-electron chi connectivity index (χ3n) is 5.10. The van der Waals surface area contributed by atoms with E-state index < -0.39 is 6.09 Å². The molecule has 0 aliphatic carbocycles. The van der Waals surface area contributed by atoms with Crippen molar-refractivity contribution in [2.24, 2.45) is 5.92 Å². The van der Waals surface area contributed by atoms with E-state index in [1.165, 1.54) is 0 Å². The summed E-state index contributed by atoms with van der Waals surface area (Å²) in [5.74, 6) is 1.69. The molecule has 3 aromatic rings. The van der Waals surface area contributed by atoms with Gasteiger partial charge in [-0.3, -0.25) is 0 Å². The van der Waals surface area contributed by atoms with Gasteiger partial charge in [-0.25, -0.2) is 14.8 Å². The van der Waals surface area contributed by atoms with Gasteiger partial charge in [-0.1, -0.05) is 18.2 Å². The van der Waals surface area contributed by atoms with Crippen LogP contribution in [0.3, 0.4) is 0 Å². The summed E-state index contributed by atoms with van der Waals surface area (Å²) in [7, 11) is 0. The molecule has 1 saturated heterocycles. The van der Waals surface area contributed by atoms with Crippen LogP contribution in [0.1, 0.15) is 12.0 Å². The van der Waals surface area contributed by atoms with Gasteiger partial charge in [0.15, 0.2) is 5.82 Å². The number of aromatic nitrogens is 2. The van der Waals surface area contributed by atoms with E-state index in [2.05, 4.69) is 15.2 Å². The minimum absolute atomic E-state index is 0.144. The highest BCUT2D eigenvalue weighted by molar-refractivity contribution is 5.92. The molecule has 1 amide bonds. The number of amides is 1. The van der Waals surface area contributed by atoms with Crippen molar-refractivity contribution in [3.05, 3.63) is 48.0 Å². The Labute approximate surface area is 162 Å². The van der Waals surface area contributed by atoms with Crippen LogP contribution in [0.25, 0.3) is 22.3 Å². The Kier molecular flexibility index (Phi) is 4.73. The van der Waals surface area contributed by atoms with Gasteiger partial charge in [-0.05, 0) is 49.1 Å². The SMILES string of the molecule is Cc1ccc2c(N3CC[C@H](CNC(=O)O)C3)nc(-c3ccccc3O)nc2c1. The molecule has 28 heavy (non-hydrogen) atoms. The average Bonchev–Trinajstić information content (AvgIpc) is 3.14. The lowest BCUT2D eigenvalue weighted by molar-refractivity contribution is 0.192.